The zero-order valence-corrected chi connectivity index (χ0v) is 8.30. The van der Waals surface area contributed by atoms with Crippen molar-refractivity contribution in [1.29, 1.82) is 0 Å². The monoisotopic (exact) mass is 240 g/mol. The maximum Gasteiger partial charge on any atom is 0.200 e. The summed E-state index contributed by atoms with van der Waals surface area (Å²) in [4.78, 5) is 0. The van der Waals surface area contributed by atoms with Gasteiger partial charge in [-0.1, -0.05) is 0 Å². The number of hydrogen-bond acceptors (Lipinski definition) is 2. The van der Waals surface area contributed by atoms with Crippen molar-refractivity contribution in [2.75, 3.05) is 25.5 Å². The SMILES string of the molecule is CNCCNc1c(F)c(F)c(F)c(F)c1F. The highest BCUT2D eigenvalue weighted by Crippen LogP contribution is 2.26. The van der Waals surface area contributed by atoms with Gasteiger partial charge in [-0.05, 0) is 7.05 Å². The quantitative estimate of drug-likeness (QED) is 0.364. The second-order valence-corrected chi connectivity index (χ2v) is 2.98. The minimum Gasteiger partial charge on any atom is -0.379 e. The van der Waals surface area contributed by atoms with Crippen molar-refractivity contribution in [3.8, 4) is 0 Å². The first kappa shape index (κ1) is 12.7. The van der Waals surface area contributed by atoms with Gasteiger partial charge in [-0.25, -0.2) is 22.0 Å². The molecule has 0 aliphatic carbocycles. The van der Waals surface area contributed by atoms with Crippen LogP contribution in [0.3, 0.4) is 0 Å². The first-order valence-electron chi connectivity index (χ1n) is 4.40. The van der Waals surface area contributed by atoms with Crippen LogP contribution in [-0.4, -0.2) is 20.1 Å². The van der Waals surface area contributed by atoms with E-state index in [9.17, 15) is 22.0 Å². The molecule has 0 saturated carbocycles. The van der Waals surface area contributed by atoms with E-state index < -0.39 is 34.8 Å². The minimum atomic E-state index is -2.16. The maximum absolute atomic E-state index is 13.0. The smallest absolute Gasteiger partial charge is 0.200 e. The van der Waals surface area contributed by atoms with Crippen molar-refractivity contribution in [2.24, 2.45) is 0 Å². The summed E-state index contributed by atoms with van der Waals surface area (Å²) in [5, 5.41) is 4.78. The van der Waals surface area contributed by atoms with Gasteiger partial charge in [0, 0.05) is 13.1 Å². The van der Waals surface area contributed by atoms with Gasteiger partial charge in [0.1, 0.15) is 5.69 Å². The Labute approximate surface area is 88.5 Å². The van der Waals surface area contributed by atoms with Gasteiger partial charge in [-0.15, -0.1) is 0 Å². The van der Waals surface area contributed by atoms with E-state index in [1.807, 2.05) is 0 Å². The molecule has 0 saturated heterocycles. The molecule has 1 rings (SSSR count). The summed E-state index contributed by atoms with van der Waals surface area (Å²) >= 11 is 0. The van der Waals surface area contributed by atoms with Gasteiger partial charge in [0.25, 0.3) is 0 Å². The molecule has 2 N–H and O–H groups in total. The normalized spacial score (nSPS) is 10.6. The van der Waals surface area contributed by atoms with E-state index >= 15 is 0 Å². The average Bonchev–Trinajstić information content (AvgIpc) is 2.28. The molecule has 7 heteroatoms. The van der Waals surface area contributed by atoms with E-state index in [2.05, 4.69) is 10.6 Å². The molecule has 0 fully saturated rings. The lowest BCUT2D eigenvalue weighted by atomic mass is 10.2. The van der Waals surface area contributed by atoms with Crippen molar-refractivity contribution in [3.63, 3.8) is 0 Å². The van der Waals surface area contributed by atoms with E-state index in [0.717, 1.165) is 0 Å². The third-order valence-electron chi connectivity index (χ3n) is 1.89. The Bertz CT molecular complexity index is 365. The maximum atomic E-state index is 13.0. The predicted molar refractivity (Wildman–Crippen MR) is 48.6 cm³/mol. The molecule has 16 heavy (non-hydrogen) atoms. The summed E-state index contributed by atoms with van der Waals surface area (Å²) in [6, 6.07) is 0. The number of halogens is 5. The van der Waals surface area contributed by atoms with Gasteiger partial charge in [0.05, 0.1) is 0 Å². The standard InChI is InChI=1S/C9H9F5N2/c1-15-2-3-16-9-7(13)5(11)4(10)6(12)8(9)14/h15-16H,2-3H2,1H3. The summed E-state index contributed by atoms with van der Waals surface area (Å²) in [6.45, 7) is 0.356. The summed E-state index contributed by atoms with van der Waals surface area (Å²) in [5.41, 5.74) is -1.01. The molecule has 0 aromatic heterocycles. The number of hydrogen-bond donors (Lipinski definition) is 2. The van der Waals surface area contributed by atoms with Crippen molar-refractivity contribution < 1.29 is 22.0 Å². The Morgan fingerprint density at radius 3 is 1.62 bits per heavy atom. The molecular formula is C9H9F5N2. The molecule has 0 aliphatic heterocycles. The highest BCUT2D eigenvalue weighted by Gasteiger charge is 2.25. The number of likely N-dealkylation sites (N-methyl/N-ethyl adjacent to an activating group) is 1. The van der Waals surface area contributed by atoms with Crippen molar-refractivity contribution in [3.05, 3.63) is 29.1 Å². The highest BCUT2D eigenvalue weighted by atomic mass is 19.2. The Morgan fingerprint density at radius 1 is 0.750 bits per heavy atom. The zero-order valence-electron chi connectivity index (χ0n) is 8.30. The first-order chi connectivity index (χ1) is 7.50. The summed E-state index contributed by atoms with van der Waals surface area (Å²) in [6.07, 6.45) is 0. The zero-order chi connectivity index (χ0) is 12.3. The molecule has 1 aromatic carbocycles. The fourth-order valence-corrected chi connectivity index (χ4v) is 1.07. The van der Waals surface area contributed by atoms with Crippen molar-refractivity contribution >= 4 is 5.69 Å². The molecule has 0 unspecified atom stereocenters. The molecule has 0 heterocycles. The molecule has 1 aromatic rings. The van der Waals surface area contributed by atoms with E-state index in [1.165, 1.54) is 0 Å². The second-order valence-electron chi connectivity index (χ2n) is 2.98. The second kappa shape index (κ2) is 5.11. The first-order valence-corrected chi connectivity index (χ1v) is 4.40. The van der Waals surface area contributed by atoms with Gasteiger partial charge in [0.15, 0.2) is 23.3 Å². The number of benzene rings is 1. The summed E-state index contributed by atoms with van der Waals surface area (Å²) < 4.78 is 64.1. The summed E-state index contributed by atoms with van der Waals surface area (Å²) in [5.74, 6) is -9.77. The molecule has 0 amide bonds. The fourth-order valence-electron chi connectivity index (χ4n) is 1.07. The minimum absolute atomic E-state index is 0.0366. The van der Waals surface area contributed by atoms with Gasteiger partial charge >= 0.3 is 0 Å². The number of nitrogens with one attached hydrogen (secondary N) is 2. The molecular weight excluding hydrogens is 231 g/mol. The Hall–Kier alpha value is -1.37. The van der Waals surface area contributed by atoms with Gasteiger partial charge in [-0.2, -0.15) is 0 Å². The molecule has 2 nitrogen and oxygen atoms in total. The van der Waals surface area contributed by atoms with Gasteiger partial charge in [0.2, 0.25) is 5.82 Å². The average molecular weight is 240 g/mol. The lowest BCUT2D eigenvalue weighted by Crippen LogP contribution is -2.20. The highest BCUT2D eigenvalue weighted by molar-refractivity contribution is 5.47. The van der Waals surface area contributed by atoms with Crippen LogP contribution in [0.25, 0.3) is 0 Å². The Balaban J connectivity index is 3.08. The lowest BCUT2D eigenvalue weighted by Gasteiger charge is -2.10. The van der Waals surface area contributed by atoms with Crippen LogP contribution in [0.1, 0.15) is 0 Å². The summed E-state index contributed by atoms with van der Waals surface area (Å²) in [7, 11) is 1.58. The van der Waals surface area contributed by atoms with Gasteiger partial charge < -0.3 is 10.6 Å². The third-order valence-corrected chi connectivity index (χ3v) is 1.89. The molecule has 0 spiro atoms. The van der Waals surface area contributed by atoms with Gasteiger partial charge in [-0.3, -0.25) is 0 Å². The Kier molecular flexibility index (Phi) is 4.05. The van der Waals surface area contributed by atoms with Crippen LogP contribution in [0, 0.1) is 29.1 Å². The van der Waals surface area contributed by atoms with Crippen LogP contribution >= 0.6 is 0 Å². The molecule has 90 valence electrons. The van der Waals surface area contributed by atoms with Crippen LogP contribution < -0.4 is 10.6 Å². The lowest BCUT2D eigenvalue weighted by molar-refractivity contribution is 0.381. The molecule has 0 radical (unpaired) electrons. The van der Waals surface area contributed by atoms with E-state index in [4.69, 9.17) is 0 Å². The largest absolute Gasteiger partial charge is 0.379 e. The van der Waals surface area contributed by atoms with Crippen LogP contribution in [0.15, 0.2) is 0 Å². The van der Waals surface area contributed by atoms with Crippen LogP contribution in [0.5, 0.6) is 0 Å². The fraction of sp³-hybridized carbons (Fsp3) is 0.333. The van der Waals surface area contributed by atoms with E-state index in [0.29, 0.717) is 6.54 Å². The molecule has 0 atom stereocenters. The molecule has 0 bridgehead atoms. The predicted octanol–water partition coefficient (Wildman–Crippen LogP) is 2.01. The van der Waals surface area contributed by atoms with E-state index in [1.54, 1.807) is 7.05 Å². The number of rotatable bonds is 4. The van der Waals surface area contributed by atoms with Crippen LogP contribution in [0.2, 0.25) is 0 Å². The van der Waals surface area contributed by atoms with E-state index in [-0.39, 0.29) is 6.54 Å². The topological polar surface area (TPSA) is 24.1 Å². The molecule has 0 aliphatic rings. The van der Waals surface area contributed by atoms with Crippen LogP contribution in [-0.2, 0) is 0 Å². The third kappa shape index (κ3) is 2.24. The van der Waals surface area contributed by atoms with Crippen LogP contribution in [0.4, 0.5) is 27.6 Å². The Morgan fingerprint density at radius 2 is 1.19 bits per heavy atom. The van der Waals surface area contributed by atoms with Crippen molar-refractivity contribution in [1.82, 2.24) is 5.32 Å². The number of anilines is 1. The van der Waals surface area contributed by atoms with Crippen molar-refractivity contribution in [2.45, 2.75) is 0 Å².